The zero-order chi connectivity index (χ0) is 15.1. The first-order chi connectivity index (χ1) is 9.20. The van der Waals surface area contributed by atoms with E-state index in [-0.39, 0.29) is 16.7 Å². The molecule has 0 spiro atoms. The Hall–Kier alpha value is -2.51. The van der Waals surface area contributed by atoms with E-state index in [4.69, 9.17) is 10.2 Å². The van der Waals surface area contributed by atoms with Gasteiger partial charge in [0.2, 0.25) is 5.91 Å². The van der Waals surface area contributed by atoms with Crippen molar-refractivity contribution in [2.24, 2.45) is 0 Å². The Morgan fingerprint density at radius 2 is 2.00 bits per heavy atom. The van der Waals surface area contributed by atoms with Crippen molar-refractivity contribution in [3.63, 3.8) is 0 Å². The highest BCUT2D eigenvalue weighted by molar-refractivity contribution is 5.94. The van der Waals surface area contributed by atoms with Crippen LogP contribution in [0, 0.1) is 0 Å². The number of benzene rings is 1. The van der Waals surface area contributed by atoms with Gasteiger partial charge in [-0.3, -0.25) is 4.79 Å². The fourth-order valence-electron chi connectivity index (χ4n) is 1.80. The number of nitrogen functional groups attached to an aromatic ring is 1. The van der Waals surface area contributed by atoms with Gasteiger partial charge in [-0.05, 0) is 12.1 Å². The van der Waals surface area contributed by atoms with Gasteiger partial charge in [-0.1, -0.05) is 0 Å². The molecule has 0 saturated heterocycles. The van der Waals surface area contributed by atoms with Crippen LogP contribution in [-0.4, -0.2) is 5.91 Å². The number of nitrogens with two attached hydrogens (primary N) is 1. The summed E-state index contributed by atoms with van der Waals surface area (Å²) in [5.74, 6) is -0.808. The van der Waals surface area contributed by atoms with E-state index in [1.165, 1.54) is 6.07 Å². The molecule has 0 radical (unpaired) electrons. The molecule has 0 aliphatic heterocycles. The lowest BCUT2D eigenvalue weighted by Crippen LogP contribution is -2.21. The molecule has 1 aromatic carbocycles. The maximum Gasteiger partial charge on any atom is 0.419 e. The first-order valence-corrected chi connectivity index (χ1v) is 5.41. The normalized spacial score (nSPS) is 11.6. The van der Waals surface area contributed by atoms with E-state index in [0.29, 0.717) is 0 Å². The lowest BCUT2D eigenvalue weighted by molar-refractivity contribution is -0.135. The third-order valence-corrected chi connectivity index (χ3v) is 2.52. The summed E-state index contributed by atoms with van der Waals surface area (Å²) in [6.45, 7) is 0.993. The molecule has 1 aromatic heterocycles. The summed E-state index contributed by atoms with van der Waals surface area (Å²) in [5, 5.41) is 1.51. The van der Waals surface area contributed by atoms with Gasteiger partial charge >= 0.3 is 11.8 Å². The zero-order valence-electron chi connectivity index (χ0n) is 10.2. The van der Waals surface area contributed by atoms with Gasteiger partial charge in [-0.15, -0.1) is 0 Å². The topological polar surface area (TPSA) is 85.3 Å². The number of hydrogen-bond acceptors (Lipinski definition) is 4. The maximum absolute atomic E-state index is 13.1. The molecule has 0 aliphatic carbocycles. The molecule has 2 aromatic rings. The minimum atomic E-state index is -4.83. The number of alkyl halides is 3. The van der Waals surface area contributed by atoms with Crippen LogP contribution in [-0.2, 0) is 11.0 Å². The molecule has 1 amide bonds. The van der Waals surface area contributed by atoms with Gasteiger partial charge in [0.15, 0.2) is 0 Å². The summed E-state index contributed by atoms with van der Waals surface area (Å²) in [5.41, 5.74) is 1.83. The van der Waals surface area contributed by atoms with Crippen LogP contribution in [0.15, 0.2) is 27.4 Å². The number of carbonyl (C=O) groups is 1. The van der Waals surface area contributed by atoms with E-state index >= 15 is 0 Å². The van der Waals surface area contributed by atoms with Crippen molar-refractivity contribution in [2.45, 2.75) is 13.1 Å². The Balaban J connectivity index is 2.91. The van der Waals surface area contributed by atoms with Crippen LogP contribution in [0.4, 0.5) is 24.5 Å². The average Bonchev–Trinajstić information content (AvgIpc) is 2.27. The molecule has 106 valence electrons. The van der Waals surface area contributed by atoms with Crippen LogP contribution in [0.1, 0.15) is 12.5 Å². The van der Waals surface area contributed by atoms with E-state index < -0.39 is 29.0 Å². The molecule has 2 rings (SSSR count). The number of fused-ring (bicyclic) bond motifs is 1. The fourth-order valence-corrected chi connectivity index (χ4v) is 1.80. The summed E-state index contributed by atoms with van der Waals surface area (Å²) in [4.78, 5) is 22.6. The van der Waals surface area contributed by atoms with E-state index in [1.54, 1.807) is 0 Å². The van der Waals surface area contributed by atoms with Crippen LogP contribution in [0.2, 0.25) is 0 Å². The second kappa shape index (κ2) is 4.55. The molecule has 5 nitrogen and oxygen atoms in total. The molecule has 8 heteroatoms. The number of nitrogens with one attached hydrogen (secondary N) is 1. The van der Waals surface area contributed by atoms with Crippen molar-refractivity contribution in [1.82, 2.24) is 0 Å². The molecule has 0 saturated carbocycles. The lowest BCUT2D eigenvalue weighted by atomic mass is 10.1. The Kier molecular flexibility index (Phi) is 3.16. The summed E-state index contributed by atoms with van der Waals surface area (Å²) in [7, 11) is 0. The lowest BCUT2D eigenvalue weighted by Gasteiger charge is -2.14. The number of anilines is 2. The van der Waals surface area contributed by atoms with Crippen molar-refractivity contribution in [3.8, 4) is 0 Å². The minimum Gasteiger partial charge on any atom is -0.421 e. The van der Waals surface area contributed by atoms with Crippen molar-refractivity contribution >= 4 is 28.3 Å². The Bertz CT molecular complexity index is 750. The molecule has 20 heavy (non-hydrogen) atoms. The Morgan fingerprint density at radius 1 is 1.35 bits per heavy atom. The molecule has 3 N–H and O–H groups in total. The smallest absolute Gasteiger partial charge is 0.419 e. The number of carbonyl (C=O) groups excluding carboxylic acids is 1. The zero-order valence-corrected chi connectivity index (χ0v) is 10.2. The first-order valence-electron chi connectivity index (χ1n) is 5.41. The molecule has 1 heterocycles. The van der Waals surface area contributed by atoms with Crippen molar-refractivity contribution in [3.05, 3.63) is 34.2 Å². The van der Waals surface area contributed by atoms with Crippen molar-refractivity contribution in [2.75, 3.05) is 11.1 Å². The second-order valence-electron chi connectivity index (χ2n) is 4.07. The summed E-state index contributed by atoms with van der Waals surface area (Å²) >= 11 is 0. The number of hydrogen-bond donors (Lipinski definition) is 2. The molecular formula is C12H9F3N2O3. The van der Waals surface area contributed by atoms with Gasteiger partial charge in [-0.2, -0.15) is 13.2 Å². The second-order valence-corrected chi connectivity index (χ2v) is 4.07. The van der Waals surface area contributed by atoms with Gasteiger partial charge in [-0.25, -0.2) is 4.79 Å². The standard InChI is InChI=1S/C12H9F3N2O3/c1-5(18)17-10-9(12(13,14)15)7-3-2-6(16)4-8(7)20-11(10)19/h2-4H,16H2,1H3,(H,17,18). The summed E-state index contributed by atoms with van der Waals surface area (Å²) < 4.78 is 44.2. The van der Waals surface area contributed by atoms with E-state index in [9.17, 15) is 22.8 Å². The molecule has 0 atom stereocenters. The van der Waals surface area contributed by atoms with E-state index in [0.717, 1.165) is 19.1 Å². The third-order valence-electron chi connectivity index (χ3n) is 2.52. The molecular weight excluding hydrogens is 277 g/mol. The minimum absolute atomic E-state index is 0.154. The number of halogens is 3. The highest BCUT2D eigenvalue weighted by Crippen LogP contribution is 2.38. The molecule has 0 aliphatic rings. The average molecular weight is 286 g/mol. The largest absolute Gasteiger partial charge is 0.421 e. The van der Waals surface area contributed by atoms with Gasteiger partial charge < -0.3 is 15.5 Å². The highest BCUT2D eigenvalue weighted by Gasteiger charge is 2.38. The SMILES string of the molecule is CC(=O)Nc1c(C(F)(F)F)c2ccc(N)cc2oc1=O. The molecule has 0 unspecified atom stereocenters. The van der Waals surface area contributed by atoms with Crippen LogP contribution in [0.25, 0.3) is 11.0 Å². The van der Waals surface area contributed by atoms with Crippen LogP contribution < -0.4 is 16.7 Å². The van der Waals surface area contributed by atoms with Crippen LogP contribution in [0.5, 0.6) is 0 Å². The van der Waals surface area contributed by atoms with Gasteiger partial charge in [0.1, 0.15) is 11.3 Å². The summed E-state index contributed by atoms with van der Waals surface area (Å²) in [6.07, 6.45) is -4.83. The number of amides is 1. The predicted octanol–water partition coefficient (Wildman–Crippen LogP) is 2.35. The maximum atomic E-state index is 13.1. The summed E-state index contributed by atoms with van der Waals surface area (Å²) in [6, 6.07) is 3.44. The predicted molar refractivity (Wildman–Crippen MR) is 66.2 cm³/mol. The van der Waals surface area contributed by atoms with Crippen LogP contribution in [0.3, 0.4) is 0 Å². The van der Waals surface area contributed by atoms with Gasteiger partial charge in [0, 0.05) is 24.1 Å². The van der Waals surface area contributed by atoms with Crippen molar-refractivity contribution in [1.29, 1.82) is 0 Å². The van der Waals surface area contributed by atoms with E-state index in [1.807, 2.05) is 5.32 Å². The molecule has 0 fully saturated rings. The van der Waals surface area contributed by atoms with Gasteiger partial charge in [0.05, 0.1) is 5.56 Å². The number of rotatable bonds is 1. The first kappa shape index (κ1) is 13.9. The Labute approximate surface area is 110 Å². The van der Waals surface area contributed by atoms with Gasteiger partial charge in [0.25, 0.3) is 0 Å². The third kappa shape index (κ3) is 2.44. The monoisotopic (exact) mass is 286 g/mol. The fraction of sp³-hybridized carbons (Fsp3) is 0.167. The molecule has 0 bridgehead atoms. The van der Waals surface area contributed by atoms with Crippen molar-refractivity contribution < 1.29 is 22.4 Å². The van der Waals surface area contributed by atoms with E-state index in [2.05, 4.69) is 0 Å². The quantitative estimate of drug-likeness (QED) is 0.622. The van der Waals surface area contributed by atoms with Crippen LogP contribution >= 0.6 is 0 Å². The Morgan fingerprint density at radius 3 is 2.55 bits per heavy atom. The highest BCUT2D eigenvalue weighted by atomic mass is 19.4.